The highest BCUT2D eigenvalue weighted by molar-refractivity contribution is 6.33. The van der Waals surface area contributed by atoms with Crippen LogP contribution in [-0.4, -0.2) is 55.3 Å². The number of ether oxygens (including phenoxy) is 1. The van der Waals surface area contributed by atoms with Crippen molar-refractivity contribution in [3.63, 3.8) is 0 Å². The van der Waals surface area contributed by atoms with Gasteiger partial charge in [0.25, 0.3) is 5.91 Å². The first-order chi connectivity index (χ1) is 12.6. The van der Waals surface area contributed by atoms with E-state index in [1.54, 1.807) is 24.3 Å². The molecule has 138 valence electrons. The van der Waals surface area contributed by atoms with E-state index in [-0.39, 0.29) is 5.91 Å². The number of aryl methyl sites for hydroxylation is 1. The van der Waals surface area contributed by atoms with Crippen LogP contribution in [0.15, 0.2) is 30.3 Å². The first-order valence-electron chi connectivity index (χ1n) is 8.58. The molecule has 1 amide bonds. The van der Waals surface area contributed by atoms with Crippen LogP contribution >= 0.6 is 11.6 Å². The maximum Gasteiger partial charge on any atom is 0.252 e. The number of nitrogens with zero attached hydrogens (tertiary/aromatic N) is 3. The molecule has 0 saturated carbocycles. The number of rotatable bonds is 6. The van der Waals surface area contributed by atoms with Gasteiger partial charge in [0.15, 0.2) is 0 Å². The zero-order valence-electron chi connectivity index (χ0n) is 14.7. The van der Waals surface area contributed by atoms with Gasteiger partial charge >= 0.3 is 0 Å². The Morgan fingerprint density at radius 3 is 2.77 bits per heavy atom. The van der Waals surface area contributed by atoms with Crippen molar-refractivity contribution in [2.24, 2.45) is 0 Å². The first kappa shape index (κ1) is 18.4. The lowest BCUT2D eigenvalue weighted by Crippen LogP contribution is -2.37. The van der Waals surface area contributed by atoms with Gasteiger partial charge in [0.05, 0.1) is 23.8 Å². The van der Waals surface area contributed by atoms with E-state index in [4.69, 9.17) is 16.3 Å². The fraction of sp³-hybridized carbons (Fsp3) is 0.389. The molecule has 26 heavy (non-hydrogen) atoms. The van der Waals surface area contributed by atoms with E-state index in [9.17, 15) is 4.79 Å². The van der Waals surface area contributed by atoms with Crippen LogP contribution in [0, 0.1) is 6.92 Å². The molecule has 1 aliphatic rings. The van der Waals surface area contributed by atoms with E-state index in [0.717, 1.165) is 24.7 Å². The Bertz CT molecular complexity index is 765. The largest absolute Gasteiger partial charge is 0.378 e. The zero-order valence-corrected chi connectivity index (χ0v) is 15.4. The molecular formula is C18H22ClN5O2. The summed E-state index contributed by atoms with van der Waals surface area (Å²) >= 11 is 6.03. The molecule has 2 N–H and O–H groups in total. The third kappa shape index (κ3) is 4.83. The van der Waals surface area contributed by atoms with E-state index in [1.807, 2.05) is 13.0 Å². The second kappa shape index (κ2) is 8.82. The second-order valence-electron chi connectivity index (χ2n) is 5.92. The topological polar surface area (TPSA) is 79.4 Å². The standard InChI is InChI=1S/C18H22ClN5O2/c1-13-22-16(12-17(23-13)24-8-10-26-11-9-24)20-6-7-21-18(25)14-4-2-3-5-15(14)19/h2-5,12H,6-11H2,1H3,(H,21,25)(H,20,22,23). The van der Waals surface area contributed by atoms with Gasteiger partial charge in [-0.25, -0.2) is 9.97 Å². The minimum absolute atomic E-state index is 0.190. The molecule has 1 fully saturated rings. The number of amides is 1. The van der Waals surface area contributed by atoms with Crippen LogP contribution in [0.25, 0.3) is 0 Å². The van der Waals surface area contributed by atoms with Crippen molar-refractivity contribution in [3.8, 4) is 0 Å². The van der Waals surface area contributed by atoms with Crippen molar-refractivity contribution < 1.29 is 9.53 Å². The maximum atomic E-state index is 12.1. The molecular weight excluding hydrogens is 354 g/mol. The summed E-state index contributed by atoms with van der Waals surface area (Å²) in [6, 6.07) is 8.91. The molecule has 0 atom stereocenters. The third-order valence-electron chi connectivity index (χ3n) is 3.99. The summed E-state index contributed by atoms with van der Waals surface area (Å²) in [6.07, 6.45) is 0. The van der Waals surface area contributed by atoms with Gasteiger partial charge in [-0.1, -0.05) is 23.7 Å². The Kier molecular flexibility index (Phi) is 6.25. The van der Waals surface area contributed by atoms with Crippen molar-refractivity contribution in [2.45, 2.75) is 6.92 Å². The Morgan fingerprint density at radius 1 is 1.23 bits per heavy atom. The van der Waals surface area contributed by atoms with Crippen LogP contribution in [0.5, 0.6) is 0 Å². The number of nitrogens with one attached hydrogen (secondary N) is 2. The molecule has 1 saturated heterocycles. The van der Waals surface area contributed by atoms with Gasteiger partial charge in [-0.3, -0.25) is 4.79 Å². The van der Waals surface area contributed by atoms with Crippen molar-refractivity contribution in [3.05, 3.63) is 46.7 Å². The fourth-order valence-electron chi connectivity index (χ4n) is 2.70. The number of morpholine rings is 1. The Hall–Kier alpha value is -2.38. The SMILES string of the molecule is Cc1nc(NCCNC(=O)c2ccccc2Cl)cc(N2CCOCC2)n1. The van der Waals surface area contributed by atoms with Gasteiger partial charge < -0.3 is 20.3 Å². The van der Waals surface area contributed by atoms with Gasteiger partial charge in [0.1, 0.15) is 17.5 Å². The van der Waals surface area contributed by atoms with E-state index < -0.39 is 0 Å². The number of hydrogen-bond donors (Lipinski definition) is 2. The van der Waals surface area contributed by atoms with Crippen molar-refractivity contribution >= 4 is 29.1 Å². The van der Waals surface area contributed by atoms with Crippen LogP contribution in [0.2, 0.25) is 5.02 Å². The molecule has 8 heteroatoms. The van der Waals surface area contributed by atoms with Crippen molar-refractivity contribution in [1.82, 2.24) is 15.3 Å². The lowest BCUT2D eigenvalue weighted by molar-refractivity contribution is 0.0955. The molecule has 0 spiro atoms. The summed E-state index contributed by atoms with van der Waals surface area (Å²) in [4.78, 5) is 23.2. The summed E-state index contributed by atoms with van der Waals surface area (Å²) < 4.78 is 5.38. The Balaban J connectivity index is 1.52. The van der Waals surface area contributed by atoms with Crippen molar-refractivity contribution in [2.75, 3.05) is 49.6 Å². The summed E-state index contributed by atoms with van der Waals surface area (Å²) in [5, 5.41) is 6.52. The first-order valence-corrected chi connectivity index (χ1v) is 8.96. The predicted octanol–water partition coefficient (Wildman–Crippen LogP) is 2.12. The molecule has 0 unspecified atom stereocenters. The normalized spacial score (nSPS) is 14.2. The summed E-state index contributed by atoms with van der Waals surface area (Å²) in [5.74, 6) is 2.15. The number of aromatic nitrogens is 2. The lowest BCUT2D eigenvalue weighted by atomic mass is 10.2. The monoisotopic (exact) mass is 375 g/mol. The molecule has 7 nitrogen and oxygen atoms in total. The second-order valence-corrected chi connectivity index (χ2v) is 6.33. The van der Waals surface area contributed by atoms with E-state index in [0.29, 0.717) is 42.7 Å². The van der Waals surface area contributed by atoms with E-state index >= 15 is 0 Å². The van der Waals surface area contributed by atoms with Gasteiger partial charge in [-0.2, -0.15) is 0 Å². The molecule has 3 rings (SSSR count). The van der Waals surface area contributed by atoms with Crippen LogP contribution in [0.1, 0.15) is 16.2 Å². The molecule has 1 aromatic heterocycles. The molecule has 0 radical (unpaired) electrons. The minimum atomic E-state index is -0.190. The van der Waals surface area contributed by atoms with E-state index in [2.05, 4.69) is 25.5 Å². The average Bonchev–Trinajstić information content (AvgIpc) is 2.66. The van der Waals surface area contributed by atoms with Gasteiger partial charge in [-0.05, 0) is 19.1 Å². The summed E-state index contributed by atoms with van der Waals surface area (Å²) in [6.45, 7) is 5.94. The number of anilines is 2. The highest BCUT2D eigenvalue weighted by Crippen LogP contribution is 2.17. The van der Waals surface area contributed by atoms with Gasteiger partial charge in [-0.15, -0.1) is 0 Å². The molecule has 2 heterocycles. The minimum Gasteiger partial charge on any atom is -0.378 e. The highest BCUT2D eigenvalue weighted by atomic mass is 35.5. The van der Waals surface area contributed by atoms with Crippen LogP contribution in [-0.2, 0) is 4.74 Å². The zero-order chi connectivity index (χ0) is 18.4. The third-order valence-corrected chi connectivity index (χ3v) is 4.32. The maximum absolute atomic E-state index is 12.1. The number of halogens is 1. The number of hydrogen-bond acceptors (Lipinski definition) is 6. The number of benzene rings is 1. The summed E-state index contributed by atoms with van der Waals surface area (Å²) in [5.41, 5.74) is 0.474. The van der Waals surface area contributed by atoms with Crippen LogP contribution in [0.4, 0.5) is 11.6 Å². The molecule has 1 aliphatic heterocycles. The Morgan fingerprint density at radius 2 is 2.00 bits per heavy atom. The Labute approximate surface area is 157 Å². The highest BCUT2D eigenvalue weighted by Gasteiger charge is 2.14. The van der Waals surface area contributed by atoms with Gasteiger partial charge in [0, 0.05) is 32.2 Å². The fourth-order valence-corrected chi connectivity index (χ4v) is 2.93. The summed E-state index contributed by atoms with van der Waals surface area (Å²) in [7, 11) is 0. The number of carbonyl (C=O) groups excluding carboxylic acids is 1. The number of carbonyl (C=O) groups is 1. The molecule has 2 aromatic rings. The van der Waals surface area contributed by atoms with Crippen LogP contribution < -0.4 is 15.5 Å². The molecule has 0 bridgehead atoms. The average molecular weight is 376 g/mol. The quantitative estimate of drug-likeness (QED) is 0.753. The van der Waals surface area contributed by atoms with Gasteiger partial charge in [0.2, 0.25) is 0 Å². The molecule has 0 aliphatic carbocycles. The van der Waals surface area contributed by atoms with Crippen LogP contribution in [0.3, 0.4) is 0 Å². The molecule has 1 aromatic carbocycles. The smallest absolute Gasteiger partial charge is 0.252 e. The van der Waals surface area contributed by atoms with E-state index in [1.165, 1.54) is 0 Å². The predicted molar refractivity (Wildman–Crippen MR) is 102 cm³/mol. The lowest BCUT2D eigenvalue weighted by Gasteiger charge is -2.28. The van der Waals surface area contributed by atoms with Crippen molar-refractivity contribution in [1.29, 1.82) is 0 Å².